The summed E-state index contributed by atoms with van der Waals surface area (Å²) in [6, 6.07) is 0. The number of aliphatic hydroxyl groups excluding tert-OH is 2. The largest absolute Gasteiger partial charge is 0.481 e. The number of aliphatic hydroxyl groups is 2. The maximum atomic E-state index is 9.95. The van der Waals surface area contributed by atoms with Crippen LogP contribution >= 0.6 is 0 Å². The lowest BCUT2D eigenvalue weighted by Crippen LogP contribution is -2.18. The third-order valence-corrected chi connectivity index (χ3v) is 1.02. The van der Waals surface area contributed by atoms with Gasteiger partial charge in [-0.1, -0.05) is 0 Å². The Labute approximate surface area is 59.1 Å². The van der Waals surface area contributed by atoms with Gasteiger partial charge in [0.05, 0.1) is 18.6 Å². The monoisotopic (exact) mass is 148 g/mol. The summed E-state index contributed by atoms with van der Waals surface area (Å²) in [4.78, 5) is 9.95. The van der Waals surface area contributed by atoms with Gasteiger partial charge in [-0.15, -0.1) is 0 Å². The van der Waals surface area contributed by atoms with Crippen LogP contribution in [0.3, 0.4) is 0 Å². The van der Waals surface area contributed by atoms with Gasteiger partial charge in [0.2, 0.25) is 0 Å². The van der Waals surface area contributed by atoms with Gasteiger partial charge >= 0.3 is 5.97 Å². The number of rotatable bonds is 4. The summed E-state index contributed by atoms with van der Waals surface area (Å²) >= 11 is 0. The normalized spacial score (nSPS) is 16.3. The fourth-order valence-electron chi connectivity index (χ4n) is 0.679. The minimum absolute atomic E-state index is 0.117. The molecule has 60 valence electrons. The summed E-state index contributed by atoms with van der Waals surface area (Å²) in [5, 5.41) is 25.7. The maximum Gasteiger partial charge on any atom is 0.305 e. The highest BCUT2D eigenvalue weighted by Gasteiger charge is 2.11. The zero-order valence-corrected chi connectivity index (χ0v) is 5.82. The molecule has 3 N–H and O–H groups in total. The van der Waals surface area contributed by atoms with E-state index in [4.69, 9.17) is 15.3 Å². The number of aliphatic carboxylic acids is 1. The van der Waals surface area contributed by atoms with Crippen molar-refractivity contribution < 1.29 is 20.1 Å². The molecule has 0 radical (unpaired) electrons. The third-order valence-electron chi connectivity index (χ3n) is 1.02. The number of hydrogen-bond donors (Lipinski definition) is 3. The van der Waals surface area contributed by atoms with E-state index in [0.717, 1.165) is 0 Å². The smallest absolute Gasteiger partial charge is 0.305 e. The zero-order valence-electron chi connectivity index (χ0n) is 5.82. The molecule has 0 aromatic rings. The van der Waals surface area contributed by atoms with Gasteiger partial charge < -0.3 is 15.3 Å². The van der Waals surface area contributed by atoms with E-state index in [0.29, 0.717) is 0 Å². The van der Waals surface area contributed by atoms with Crippen LogP contribution in [0.4, 0.5) is 0 Å². The molecule has 0 rings (SSSR count). The van der Waals surface area contributed by atoms with Gasteiger partial charge in [-0.05, 0) is 13.3 Å². The first-order valence-corrected chi connectivity index (χ1v) is 3.10. The number of carboxylic acids is 1. The number of carboxylic acid groups (broad SMARTS) is 1. The number of carbonyl (C=O) groups is 1. The third kappa shape index (κ3) is 5.53. The van der Waals surface area contributed by atoms with Gasteiger partial charge in [-0.2, -0.15) is 0 Å². The summed E-state index contributed by atoms with van der Waals surface area (Å²) in [6.45, 7) is 1.51. The Balaban J connectivity index is 3.43. The van der Waals surface area contributed by atoms with Gasteiger partial charge in [0, 0.05) is 0 Å². The van der Waals surface area contributed by atoms with Crippen molar-refractivity contribution in [1.82, 2.24) is 0 Å². The molecule has 2 unspecified atom stereocenters. The van der Waals surface area contributed by atoms with E-state index in [1.54, 1.807) is 0 Å². The van der Waals surface area contributed by atoms with E-state index in [-0.39, 0.29) is 12.8 Å². The summed E-state index contributed by atoms with van der Waals surface area (Å²) in [6.07, 6.45) is -1.76. The van der Waals surface area contributed by atoms with E-state index in [9.17, 15) is 4.79 Å². The van der Waals surface area contributed by atoms with Crippen LogP contribution in [0.15, 0.2) is 0 Å². The van der Waals surface area contributed by atoms with Gasteiger partial charge in [0.25, 0.3) is 0 Å². The second-order valence-corrected chi connectivity index (χ2v) is 2.34. The van der Waals surface area contributed by atoms with E-state index >= 15 is 0 Å². The second-order valence-electron chi connectivity index (χ2n) is 2.34. The Bertz CT molecular complexity index is 110. The molecule has 0 aromatic carbocycles. The standard InChI is InChI=1S/C6H12O4/c1-4(7)2-5(8)3-6(9)10/h4-5,7-8H,2-3H2,1H3,(H,9,10). The van der Waals surface area contributed by atoms with Crippen molar-refractivity contribution in [3.05, 3.63) is 0 Å². The highest BCUT2D eigenvalue weighted by molar-refractivity contribution is 5.67. The van der Waals surface area contributed by atoms with Crippen LogP contribution in [0, 0.1) is 0 Å². The van der Waals surface area contributed by atoms with Gasteiger partial charge in [-0.25, -0.2) is 0 Å². The second kappa shape index (κ2) is 4.24. The molecule has 0 bridgehead atoms. The fourth-order valence-corrected chi connectivity index (χ4v) is 0.679. The van der Waals surface area contributed by atoms with Crippen molar-refractivity contribution >= 4 is 5.97 Å². The van der Waals surface area contributed by atoms with Crippen LogP contribution < -0.4 is 0 Å². The van der Waals surface area contributed by atoms with Crippen molar-refractivity contribution in [2.24, 2.45) is 0 Å². The van der Waals surface area contributed by atoms with Gasteiger partial charge in [0.1, 0.15) is 0 Å². The Morgan fingerprint density at radius 1 is 1.50 bits per heavy atom. The van der Waals surface area contributed by atoms with Crippen molar-refractivity contribution in [3.8, 4) is 0 Å². The lowest BCUT2D eigenvalue weighted by Gasteiger charge is -2.08. The molecule has 2 atom stereocenters. The van der Waals surface area contributed by atoms with Crippen LogP contribution in [0.5, 0.6) is 0 Å². The lowest BCUT2D eigenvalue weighted by atomic mass is 10.1. The van der Waals surface area contributed by atoms with Crippen LogP contribution in [-0.4, -0.2) is 33.5 Å². The summed E-state index contributed by atoms with van der Waals surface area (Å²) in [5.41, 5.74) is 0. The SMILES string of the molecule is CC(O)CC(O)CC(=O)O. The number of hydrogen-bond acceptors (Lipinski definition) is 3. The first-order valence-electron chi connectivity index (χ1n) is 3.10. The Morgan fingerprint density at radius 2 is 2.00 bits per heavy atom. The first kappa shape index (κ1) is 9.39. The van der Waals surface area contributed by atoms with Crippen LogP contribution in [0.2, 0.25) is 0 Å². The van der Waals surface area contributed by atoms with E-state index in [1.165, 1.54) is 6.92 Å². The van der Waals surface area contributed by atoms with E-state index in [1.807, 2.05) is 0 Å². The molecule has 0 saturated heterocycles. The Hall–Kier alpha value is -0.610. The average Bonchev–Trinajstić information content (AvgIpc) is 1.58. The molecular weight excluding hydrogens is 136 g/mol. The summed E-state index contributed by atoms with van der Waals surface area (Å²) < 4.78 is 0. The van der Waals surface area contributed by atoms with Crippen molar-refractivity contribution in [1.29, 1.82) is 0 Å². The van der Waals surface area contributed by atoms with Crippen molar-refractivity contribution in [3.63, 3.8) is 0 Å². The van der Waals surface area contributed by atoms with Gasteiger partial charge in [0.15, 0.2) is 0 Å². The molecule has 10 heavy (non-hydrogen) atoms. The Morgan fingerprint density at radius 3 is 2.30 bits per heavy atom. The Kier molecular flexibility index (Phi) is 3.99. The van der Waals surface area contributed by atoms with Crippen molar-refractivity contribution in [2.75, 3.05) is 0 Å². The topological polar surface area (TPSA) is 77.8 Å². The van der Waals surface area contributed by atoms with E-state index in [2.05, 4.69) is 0 Å². The summed E-state index contributed by atoms with van der Waals surface area (Å²) in [7, 11) is 0. The highest BCUT2D eigenvalue weighted by atomic mass is 16.4. The molecule has 0 spiro atoms. The van der Waals surface area contributed by atoms with Crippen LogP contribution in [-0.2, 0) is 4.79 Å². The first-order chi connectivity index (χ1) is 4.52. The minimum atomic E-state index is -1.05. The van der Waals surface area contributed by atoms with Gasteiger partial charge in [-0.3, -0.25) is 4.79 Å². The molecule has 0 aliphatic heterocycles. The molecule has 0 aliphatic carbocycles. The molecular formula is C6H12O4. The molecule has 4 nitrogen and oxygen atoms in total. The fraction of sp³-hybridized carbons (Fsp3) is 0.833. The molecule has 0 fully saturated rings. The average molecular weight is 148 g/mol. The predicted octanol–water partition coefficient (Wildman–Crippen LogP) is -0.407. The predicted molar refractivity (Wildman–Crippen MR) is 34.6 cm³/mol. The van der Waals surface area contributed by atoms with Crippen molar-refractivity contribution in [2.45, 2.75) is 32.0 Å². The molecule has 0 heterocycles. The molecule has 0 aromatic heterocycles. The summed E-state index contributed by atoms with van der Waals surface area (Å²) in [5.74, 6) is -1.05. The van der Waals surface area contributed by atoms with E-state index < -0.39 is 18.2 Å². The molecule has 0 aliphatic rings. The maximum absolute atomic E-state index is 9.95. The molecule has 4 heteroatoms. The highest BCUT2D eigenvalue weighted by Crippen LogP contribution is 2.01. The van der Waals surface area contributed by atoms with Crippen LogP contribution in [0.1, 0.15) is 19.8 Å². The lowest BCUT2D eigenvalue weighted by molar-refractivity contribution is -0.139. The zero-order chi connectivity index (χ0) is 8.15. The van der Waals surface area contributed by atoms with Crippen LogP contribution in [0.25, 0.3) is 0 Å². The molecule has 0 saturated carbocycles. The minimum Gasteiger partial charge on any atom is -0.481 e. The quantitative estimate of drug-likeness (QED) is 0.506. The molecule has 0 amide bonds.